The Labute approximate surface area is 81.9 Å². The fraction of sp³-hybridized carbons (Fsp3) is 0.200. The Bertz CT molecular complexity index is 433. The molecule has 0 radical (unpaired) electrons. The van der Waals surface area contributed by atoms with Crippen molar-refractivity contribution in [1.29, 1.82) is 0 Å². The largest absolute Gasteiger partial charge is 0.388 e. The van der Waals surface area contributed by atoms with E-state index in [1.165, 1.54) is 0 Å². The van der Waals surface area contributed by atoms with Crippen molar-refractivity contribution in [1.82, 2.24) is 9.97 Å². The van der Waals surface area contributed by atoms with E-state index in [1.54, 1.807) is 6.92 Å². The molecule has 3 N–H and O–H groups in total. The summed E-state index contributed by atoms with van der Waals surface area (Å²) in [5.41, 5.74) is 7.44. The lowest BCUT2D eigenvalue weighted by Crippen LogP contribution is -2.05. The predicted octanol–water partition coefficient (Wildman–Crippen LogP) is 1.44. The van der Waals surface area contributed by atoms with E-state index in [0.717, 1.165) is 16.9 Å². The van der Waals surface area contributed by atoms with Crippen LogP contribution in [0.4, 0.5) is 0 Å². The van der Waals surface area contributed by atoms with Crippen LogP contribution in [0.25, 0.3) is 11.0 Å². The zero-order valence-corrected chi connectivity index (χ0v) is 7.99. The highest BCUT2D eigenvalue weighted by atomic mass is 15.0. The van der Waals surface area contributed by atoms with Gasteiger partial charge in [0.15, 0.2) is 0 Å². The predicted molar refractivity (Wildman–Crippen MR) is 57.1 cm³/mol. The van der Waals surface area contributed by atoms with Gasteiger partial charge < -0.3 is 10.7 Å². The van der Waals surface area contributed by atoms with Crippen molar-refractivity contribution in [3.63, 3.8) is 0 Å². The number of benzene rings is 1. The molecule has 0 saturated heterocycles. The molecule has 0 aliphatic carbocycles. The second kappa shape index (κ2) is 3.49. The molecular weight excluding hydrogens is 176 g/mol. The Morgan fingerprint density at radius 2 is 2.29 bits per heavy atom. The van der Waals surface area contributed by atoms with Gasteiger partial charge in [0.1, 0.15) is 5.82 Å². The number of para-hydroxylation sites is 2. The number of amidine groups is 1. The molecule has 0 spiro atoms. The van der Waals surface area contributed by atoms with Crippen molar-refractivity contribution in [3.05, 3.63) is 30.1 Å². The number of aliphatic imine (C=N–C) groups is 1. The van der Waals surface area contributed by atoms with E-state index in [4.69, 9.17) is 5.73 Å². The third kappa shape index (κ3) is 1.74. The normalized spacial score (nSPS) is 12.2. The number of nitrogens with two attached hydrogens (primary N) is 1. The first kappa shape index (κ1) is 8.74. The third-order valence-electron chi connectivity index (χ3n) is 1.92. The second-order valence-corrected chi connectivity index (χ2v) is 3.16. The highest BCUT2D eigenvalue weighted by Crippen LogP contribution is 2.10. The first-order chi connectivity index (χ1) is 6.75. The number of aromatic nitrogens is 2. The van der Waals surface area contributed by atoms with Crippen LogP contribution in [-0.4, -0.2) is 15.8 Å². The van der Waals surface area contributed by atoms with Crippen LogP contribution in [0.2, 0.25) is 0 Å². The average molecular weight is 188 g/mol. The van der Waals surface area contributed by atoms with Crippen LogP contribution >= 0.6 is 0 Å². The molecule has 0 amide bonds. The van der Waals surface area contributed by atoms with Gasteiger partial charge in [-0.15, -0.1) is 0 Å². The molecule has 4 heteroatoms. The number of H-pyrrole nitrogens is 1. The minimum Gasteiger partial charge on any atom is -0.388 e. The minimum absolute atomic E-state index is 0.511. The fourth-order valence-electron chi connectivity index (χ4n) is 1.28. The van der Waals surface area contributed by atoms with E-state index >= 15 is 0 Å². The maximum Gasteiger partial charge on any atom is 0.129 e. The molecule has 1 aromatic heterocycles. The molecule has 4 nitrogen and oxygen atoms in total. The molecule has 14 heavy (non-hydrogen) atoms. The summed E-state index contributed by atoms with van der Waals surface area (Å²) >= 11 is 0. The highest BCUT2D eigenvalue weighted by Gasteiger charge is 1.99. The maximum absolute atomic E-state index is 5.44. The number of nitrogens with zero attached hydrogens (tertiary/aromatic N) is 2. The molecule has 0 fully saturated rings. The van der Waals surface area contributed by atoms with Gasteiger partial charge in [0, 0.05) is 0 Å². The summed E-state index contributed by atoms with van der Waals surface area (Å²) in [6.07, 6.45) is 0. The Balaban J connectivity index is 2.31. The van der Waals surface area contributed by atoms with Gasteiger partial charge >= 0.3 is 0 Å². The molecule has 1 aromatic carbocycles. The molecule has 2 rings (SSSR count). The molecule has 0 aliphatic heterocycles. The van der Waals surface area contributed by atoms with Crippen LogP contribution < -0.4 is 5.73 Å². The van der Waals surface area contributed by atoms with Crippen LogP contribution in [0.1, 0.15) is 12.7 Å². The lowest BCUT2D eigenvalue weighted by molar-refractivity contribution is 0.954. The highest BCUT2D eigenvalue weighted by molar-refractivity contribution is 5.77. The lowest BCUT2D eigenvalue weighted by atomic mass is 10.3. The van der Waals surface area contributed by atoms with Crippen LogP contribution in [0.3, 0.4) is 0 Å². The van der Waals surface area contributed by atoms with E-state index in [0.29, 0.717) is 12.4 Å². The van der Waals surface area contributed by atoms with E-state index < -0.39 is 0 Å². The van der Waals surface area contributed by atoms with Gasteiger partial charge in [-0.1, -0.05) is 12.1 Å². The molecule has 72 valence electrons. The summed E-state index contributed by atoms with van der Waals surface area (Å²) in [7, 11) is 0. The van der Waals surface area contributed by atoms with Crippen molar-refractivity contribution in [3.8, 4) is 0 Å². The lowest BCUT2D eigenvalue weighted by Gasteiger charge is -1.89. The zero-order chi connectivity index (χ0) is 9.97. The Hall–Kier alpha value is -1.84. The fourth-order valence-corrected chi connectivity index (χ4v) is 1.28. The van der Waals surface area contributed by atoms with Crippen molar-refractivity contribution in [2.75, 3.05) is 0 Å². The summed E-state index contributed by atoms with van der Waals surface area (Å²) < 4.78 is 0. The van der Waals surface area contributed by atoms with Gasteiger partial charge in [0.25, 0.3) is 0 Å². The van der Waals surface area contributed by atoms with E-state index in [2.05, 4.69) is 15.0 Å². The smallest absolute Gasteiger partial charge is 0.129 e. The van der Waals surface area contributed by atoms with E-state index in [1.807, 2.05) is 24.3 Å². The summed E-state index contributed by atoms with van der Waals surface area (Å²) in [5.74, 6) is 1.42. The molecular formula is C10H12N4. The van der Waals surface area contributed by atoms with Gasteiger partial charge in [-0.25, -0.2) is 4.98 Å². The Morgan fingerprint density at radius 3 is 3.00 bits per heavy atom. The molecule has 0 unspecified atom stereocenters. The van der Waals surface area contributed by atoms with Gasteiger partial charge in [-0.2, -0.15) is 0 Å². The second-order valence-electron chi connectivity index (χ2n) is 3.16. The maximum atomic E-state index is 5.44. The summed E-state index contributed by atoms with van der Waals surface area (Å²) in [6.45, 7) is 2.28. The van der Waals surface area contributed by atoms with Gasteiger partial charge in [0.05, 0.1) is 23.4 Å². The Morgan fingerprint density at radius 1 is 1.50 bits per heavy atom. The summed E-state index contributed by atoms with van der Waals surface area (Å²) in [4.78, 5) is 11.6. The molecule has 2 aromatic rings. The Kier molecular flexibility index (Phi) is 2.18. The van der Waals surface area contributed by atoms with Crippen molar-refractivity contribution >= 4 is 16.9 Å². The zero-order valence-electron chi connectivity index (χ0n) is 7.99. The van der Waals surface area contributed by atoms with Gasteiger partial charge in [-0.3, -0.25) is 4.99 Å². The number of hydrogen-bond acceptors (Lipinski definition) is 2. The number of nitrogens with one attached hydrogen (secondary N) is 1. The number of imidazole rings is 1. The standard InChI is InChI=1S/C10H12N4/c1-7(11)12-6-10-13-8-4-2-3-5-9(8)14-10/h2-5H,6H2,1H3,(H2,11,12)(H,13,14). The molecule has 0 bridgehead atoms. The molecule has 0 aliphatic rings. The third-order valence-corrected chi connectivity index (χ3v) is 1.92. The van der Waals surface area contributed by atoms with Gasteiger partial charge in [-0.05, 0) is 19.1 Å². The average Bonchev–Trinajstić information content (AvgIpc) is 2.57. The SMILES string of the molecule is CC(N)=NCc1nc2ccccc2[nH]1. The van der Waals surface area contributed by atoms with E-state index in [-0.39, 0.29) is 0 Å². The summed E-state index contributed by atoms with van der Waals surface area (Å²) in [6, 6.07) is 7.89. The van der Waals surface area contributed by atoms with Crippen LogP contribution in [0, 0.1) is 0 Å². The minimum atomic E-state index is 0.511. The van der Waals surface area contributed by atoms with Crippen molar-refractivity contribution in [2.45, 2.75) is 13.5 Å². The number of rotatable bonds is 2. The number of fused-ring (bicyclic) bond motifs is 1. The van der Waals surface area contributed by atoms with Crippen LogP contribution in [-0.2, 0) is 6.54 Å². The molecule has 0 atom stereocenters. The van der Waals surface area contributed by atoms with Gasteiger partial charge in [0.2, 0.25) is 0 Å². The first-order valence-electron chi connectivity index (χ1n) is 4.46. The molecule has 1 heterocycles. The van der Waals surface area contributed by atoms with Crippen molar-refractivity contribution in [2.24, 2.45) is 10.7 Å². The summed E-state index contributed by atoms with van der Waals surface area (Å²) in [5, 5.41) is 0. The van der Waals surface area contributed by atoms with E-state index in [9.17, 15) is 0 Å². The quantitative estimate of drug-likeness (QED) is 0.553. The topological polar surface area (TPSA) is 67.1 Å². The molecule has 0 saturated carbocycles. The van der Waals surface area contributed by atoms with Crippen molar-refractivity contribution < 1.29 is 0 Å². The first-order valence-corrected chi connectivity index (χ1v) is 4.46. The number of hydrogen-bond donors (Lipinski definition) is 2. The number of aromatic amines is 1. The van der Waals surface area contributed by atoms with Crippen LogP contribution in [0.15, 0.2) is 29.3 Å². The monoisotopic (exact) mass is 188 g/mol. The van der Waals surface area contributed by atoms with Crippen LogP contribution in [0.5, 0.6) is 0 Å².